The average Bonchev–Trinajstić information content (AvgIpc) is 2.20. The van der Waals surface area contributed by atoms with Crippen LogP contribution in [0, 0.1) is 5.92 Å². The number of rotatable bonds is 6. The third-order valence-corrected chi connectivity index (χ3v) is 3.31. The summed E-state index contributed by atoms with van der Waals surface area (Å²) in [4.78, 5) is 0. The standard InChI is InChI=1S/C13H19BrClN/c1-10(2)4-3-7-16-9-11-5-6-12(14)8-13(11)15/h5-6,8,10,16H,3-4,7,9H2,1-2H3. The normalized spacial score (nSPS) is 11.1. The van der Waals surface area contributed by atoms with Gasteiger partial charge >= 0.3 is 0 Å². The fraction of sp³-hybridized carbons (Fsp3) is 0.538. The fourth-order valence-corrected chi connectivity index (χ4v) is 2.26. The van der Waals surface area contributed by atoms with Crippen molar-refractivity contribution >= 4 is 27.5 Å². The van der Waals surface area contributed by atoms with Crippen LogP contribution in [0.15, 0.2) is 22.7 Å². The molecule has 1 aromatic rings. The summed E-state index contributed by atoms with van der Waals surface area (Å²) in [6, 6.07) is 6.02. The predicted octanol–water partition coefficient (Wildman–Crippen LogP) is 4.63. The van der Waals surface area contributed by atoms with Crippen LogP contribution in [0.2, 0.25) is 5.02 Å². The number of benzene rings is 1. The number of hydrogen-bond donors (Lipinski definition) is 1. The molecule has 0 bridgehead atoms. The first-order chi connectivity index (χ1) is 7.59. The highest BCUT2D eigenvalue weighted by Crippen LogP contribution is 2.21. The van der Waals surface area contributed by atoms with Gasteiger partial charge in [-0.05, 0) is 43.0 Å². The maximum atomic E-state index is 6.12. The summed E-state index contributed by atoms with van der Waals surface area (Å²) in [6.07, 6.45) is 2.51. The summed E-state index contributed by atoms with van der Waals surface area (Å²) >= 11 is 9.52. The van der Waals surface area contributed by atoms with Gasteiger partial charge in [0.15, 0.2) is 0 Å². The Hall–Kier alpha value is -0.0500. The van der Waals surface area contributed by atoms with Crippen LogP contribution >= 0.6 is 27.5 Å². The molecule has 90 valence electrons. The van der Waals surface area contributed by atoms with Gasteiger partial charge in [-0.2, -0.15) is 0 Å². The number of nitrogens with one attached hydrogen (secondary N) is 1. The third-order valence-electron chi connectivity index (χ3n) is 2.47. The minimum Gasteiger partial charge on any atom is -0.313 e. The molecular formula is C13H19BrClN. The van der Waals surface area contributed by atoms with E-state index in [0.29, 0.717) is 0 Å². The Bertz CT molecular complexity index is 326. The van der Waals surface area contributed by atoms with Gasteiger partial charge in [0.25, 0.3) is 0 Å². The Balaban J connectivity index is 2.27. The second kappa shape index (κ2) is 7.31. The van der Waals surface area contributed by atoms with Crippen LogP contribution < -0.4 is 5.32 Å². The molecule has 0 aliphatic heterocycles. The Morgan fingerprint density at radius 2 is 2.12 bits per heavy atom. The van der Waals surface area contributed by atoms with Gasteiger partial charge in [-0.1, -0.05) is 47.4 Å². The predicted molar refractivity (Wildman–Crippen MR) is 74.9 cm³/mol. The van der Waals surface area contributed by atoms with E-state index < -0.39 is 0 Å². The molecule has 0 radical (unpaired) electrons. The molecule has 0 spiro atoms. The van der Waals surface area contributed by atoms with Crippen molar-refractivity contribution in [3.63, 3.8) is 0 Å². The van der Waals surface area contributed by atoms with Crippen LogP contribution in [0.25, 0.3) is 0 Å². The fourth-order valence-electron chi connectivity index (χ4n) is 1.52. The molecule has 0 aliphatic rings. The smallest absolute Gasteiger partial charge is 0.0462 e. The molecule has 0 amide bonds. The molecule has 0 atom stereocenters. The summed E-state index contributed by atoms with van der Waals surface area (Å²) in [6.45, 7) is 6.42. The molecule has 1 rings (SSSR count). The zero-order valence-corrected chi connectivity index (χ0v) is 12.2. The van der Waals surface area contributed by atoms with E-state index in [1.807, 2.05) is 12.1 Å². The summed E-state index contributed by atoms with van der Waals surface area (Å²) in [7, 11) is 0. The van der Waals surface area contributed by atoms with Crippen molar-refractivity contribution < 1.29 is 0 Å². The highest BCUT2D eigenvalue weighted by molar-refractivity contribution is 9.10. The molecule has 0 heterocycles. The third kappa shape index (κ3) is 5.33. The number of hydrogen-bond acceptors (Lipinski definition) is 1. The molecule has 0 saturated carbocycles. The molecule has 0 saturated heterocycles. The molecule has 0 aliphatic carbocycles. The van der Waals surface area contributed by atoms with Crippen molar-refractivity contribution in [2.75, 3.05) is 6.54 Å². The maximum Gasteiger partial charge on any atom is 0.0462 e. The van der Waals surface area contributed by atoms with E-state index in [1.165, 1.54) is 12.8 Å². The molecule has 1 N–H and O–H groups in total. The van der Waals surface area contributed by atoms with E-state index in [4.69, 9.17) is 11.6 Å². The first-order valence-electron chi connectivity index (χ1n) is 5.74. The van der Waals surface area contributed by atoms with Gasteiger partial charge < -0.3 is 5.32 Å². The highest BCUT2D eigenvalue weighted by Gasteiger charge is 2.00. The summed E-state index contributed by atoms with van der Waals surface area (Å²) in [5, 5.41) is 4.24. The second-order valence-corrected chi connectivity index (χ2v) is 5.77. The van der Waals surface area contributed by atoms with Gasteiger partial charge in [0.2, 0.25) is 0 Å². The Morgan fingerprint density at radius 3 is 2.75 bits per heavy atom. The van der Waals surface area contributed by atoms with E-state index in [-0.39, 0.29) is 0 Å². The summed E-state index contributed by atoms with van der Waals surface area (Å²) in [5.74, 6) is 0.790. The Morgan fingerprint density at radius 1 is 1.38 bits per heavy atom. The molecule has 0 aromatic heterocycles. The van der Waals surface area contributed by atoms with Crippen LogP contribution in [0.1, 0.15) is 32.3 Å². The molecular weight excluding hydrogens is 286 g/mol. The molecule has 16 heavy (non-hydrogen) atoms. The van der Waals surface area contributed by atoms with Crippen LogP contribution in [0.5, 0.6) is 0 Å². The van der Waals surface area contributed by atoms with Gasteiger partial charge in [0, 0.05) is 16.0 Å². The minimum atomic E-state index is 0.790. The van der Waals surface area contributed by atoms with Crippen LogP contribution in [-0.2, 0) is 6.54 Å². The lowest BCUT2D eigenvalue weighted by Crippen LogP contribution is -2.15. The lowest BCUT2D eigenvalue weighted by Gasteiger charge is -2.08. The molecule has 1 aromatic carbocycles. The van der Waals surface area contributed by atoms with Crippen molar-refractivity contribution in [1.82, 2.24) is 5.32 Å². The first kappa shape index (κ1) is 14.0. The lowest BCUT2D eigenvalue weighted by molar-refractivity contribution is 0.527. The largest absolute Gasteiger partial charge is 0.313 e. The van der Waals surface area contributed by atoms with Gasteiger partial charge in [-0.15, -0.1) is 0 Å². The van der Waals surface area contributed by atoms with Crippen LogP contribution in [-0.4, -0.2) is 6.54 Å². The maximum absolute atomic E-state index is 6.12. The van der Waals surface area contributed by atoms with E-state index in [0.717, 1.165) is 34.1 Å². The van der Waals surface area contributed by atoms with Crippen molar-refractivity contribution in [1.29, 1.82) is 0 Å². The van der Waals surface area contributed by atoms with Crippen LogP contribution in [0.3, 0.4) is 0 Å². The topological polar surface area (TPSA) is 12.0 Å². The number of halogens is 2. The monoisotopic (exact) mass is 303 g/mol. The minimum absolute atomic E-state index is 0.790. The SMILES string of the molecule is CC(C)CCCNCc1ccc(Br)cc1Cl. The zero-order valence-electron chi connectivity index (χ0n) is 9.89. The Labute approximate surface area is 112 Å². The average molecular weight is 305 g/mol. The van der Waals surface area contributed by atoms with Crippen molar-refractivity contribution in [2.24, 2.45) is 5.92 Å². The van der Waals surface area contributed by atoms with Crippen LogP contribution in [0.4, 0.5) is 0 Å². The van der Waals surface area contributed by atoms with E-state index in [2.05, 4.69) is 41.2 Å². The molecule has 0 fully saturated rings. The molecule has 0 unspecified atom stereocenters. The van der Waals surface area contributed by atoms with Crippen molar-refractivity contribution in [2.45, 2.75) is 33.2 Å². The van der Waals surface area contributed by atoms with E-state index in [1.54, 1.807) is 0 Å². The van der Waals surface area contributed by atoms with Crippen molar-refractivity contribution in [3.8, 4) is 0 Å². The molecule has 1 nitrogen and oxygen atoms in total. The lowest BCUT2D eigenvalue weighted by atomic mass is 10.1. The highest BCUT2D eigenvalue weighted by atomic mass is 79.9. The first-order valence-corrected chi connectivity index (χ1v) is 6.91. The summed E-state index contributed by atoms with van der Waals surface area (Å²) < 4.78 is 1.03. The molecule has 3 heteroatoms. The van der Waals surface area contributed by atoms with Gasteiger partial charge in [0.1, 0.15) is 0 Å². The summed E-state index contributed by atoms with van der Waals surface area (Å²) in [5.41, 5.74) is 1.16. The zero-order chi connectivity index (χ0) is 12.0. The quantitative estimate of drug-likeness (QED) is 0.756. The van der Waals surface area contributed by atoms with Gasteiger partial charge in [-0.3, -0.25) is 0 Å². The second-order valence-electron chi connectivity index (χ2n) is 4.45. The van der Waals surface area contributed by atoms with Crippen molar-refractivity contribution in [3.05, 3.63) is 33.3 Å². The van der Waals surface area contributed by atoms with Gasteiger partial charge in [-0.25, -0.2) is 0 Å². The Kier molecular flexibility index (Phi) is 6.40. The van der Waals surface area contributed by atoms with E-state index >= 15 is 0 Å². The van der Waals surface area contributed by atoms with Gasteiger partial charge in [0.05, 0.1) is 0 Å². The van der Waals surface area contributed by atoms with E-state index in [9.17, 15) is 0 Å².